The van der Waals surface area contributed by atoms with Crippen LogP contribution in [0.25, 0.3) is 0 Å². The Morgan fingerprint density at radius 3 is 2.68 bits per heavy atom. The zero-order valence-corrected chi connectivity index (χ0v) is 11.3. The van der Waals surface area contributed by atoms with Crippen LogP contribution in [-0.4, -0.2) is 35.2 Å². The summed E-state index contributed by atoms with van der Waals surface area (Å²) in [7, 11) is 0. The zero-order chi connectivity index (χ0) is 14.3. The lowest BCUT2D eigenvalue weighted by atomic mass is 9.86. The SMILES string of the molecule is O=C(O)C1(C(F)(F)F)CCN(Cc2cc(Br)co2)C1. The second-order valence-corrected chi connectivity index (χ2v) is 5.49. The molecule has 0 saturated carbocycles. The highest BCUT2D eigenvalue weighted by Crippen LogP contribution is 2.46. The summed E-state index contributed by atoms with van der Waals surface area (Å²) in [6.45, 7) is -0.314. The second-order valence-electron chi connectivity index (χ2n) is 4.58. The molecular weight excluding hydrogens is 331 g/mol. The van der Waals surface area contributed by atoms with Crippen LogP contribution < -0.4 is 0 Å². The predicted octanol–water partition coefficient (Wildman–Crippen LogP) is 2.88. The number of nitrogens with zero attached hydrogens (tertiary/aromatic N) is 1. The Balaban J connectivity index is 2.11. The van der Waals surface area contributed by atoms with Crippen molar-refractivity contribution in [2.75, 3.05) is 13.1 Å². The Hall–Kier alpha value is -1.02. The van der Waals surface area contributed by atoms with E-state index in [4.69, 9.17) is 9.52 Å². The summed E-state index contributed by atoms with van der Waals surface area (Å²) < 4.78 is 44.7. The molecule has 1 fully saturated rings. The minimum Gasteiger partial charge on any atom is -0.481 e. The third kappa shape index (κ3) is 2.64. The van der Waals surface area contributed by atoms with E-state index in [1.54, 1.807) is 6.07 Å². The predicted molar refractivity (Wildman–Crippen MR) is 62.4 cm³/mol. The standard InChI is InChI=1S/C11H11BrF3NO3/c12-7-3-8(19-5-7)4-16-2-1-10(6-16,9(17)18)11(13,14)15/h3,5H,1-2,4,6H2,(H,17,18). The summed E-state index contributed by atoms with van der Waals surface area (Å²) in [5.41, 5.74) is -2.67. The molecule has 0 aliphatic carbocycles. The lowest BCUT2D eigenvalue weighted by molar-refractivity contribution is -0.227. The van der Waals surface area contributed by atoms with Crippen molar-refractivity contribution in [2.24, 2.45) is 5.41 Å². The molecule has 1 N–H and O–H groups in total. The molecule has 1 aromatic rings. The summed E-state index contributed by atoms with van der Waals surface area (Å²) >= 11 is 3.17. The molecule has 1 aliphatic heterocycles. The van der Waals surface area contributed by atoms with Gasteiger partial charge < -0.3 is 9.52 Å². The van der Waals surface area contributed by atoms with Crippen molar-refractivity contribution in [1.82, 2.24) is 4.90 Å². The molecule has 1 unspecified atom stereocenters. The van der Waals surface area contributed by atoms with Gasteiger partial charge in [0.15, 0.2) is 5.41 Å². The summed E-state index contributed by atoms with van der Waals surface area (Å²) in [6.07, 6.45) is -3.76. The molecule has 8 heteroatoms. The van der Waals surface area contributed by atoms with E-state index in [0.29, 0.717) is 10.2 Å². The number of carboxylic acids is 1. The average Bonchev–Trinajstić information content (AvgIpc) is 2.85. The highest BCUT2D eigenvalue weighted by molar-refractivity contribution is 9.10. The van der Waals surface area contributed by atoms with Crippen LogP contribution in [0.5, 0.6) is 0 Å². The second kappa shape index (κ2) is 4.82. The number of aliphatic carboxylic acids is 1. The summed E-state index contributed by atoms with van der Waals surface area (Å²) in [4.78, 5) is 12.4. The van der Waals surface area contributed by atoms with Crippen molar-refractivity contribution in [1.29, 1.82) is 0 Å². The fourth-order valence-corrected chi connectivity index (χ4v) is 2.56. The monoisotopic (exact) mass is 341 g/mol. The molecule has 106 valence electrons. The molecule has 0 bridgehead atoms. The minimum absolute atomic E-state index is 0.0735. The molecule has 2 heterocycles. The molecule has 1 aromatic heterocycles. The molecule has 0 spiro atoms. The molecule has 19 heavy (non-hydrogen) atoms. The van der Waals surface area contributed by atoms with Crippen LogP contribution in [-0.2, 0) is 11.3 Å². The molecule has 4 nitrogen and oxygen atoms in total. The van der Waals surface area contributed by atoms with Crippen molar-refractivity contribution < 1.29 is 27.5 Å². The number of alkyl halides is 3. The van der Waals surface area contributed by atoms with Gasteiger partial charge in [-0.15, -0.1) is 0 Å². The maximum atomic E-state index is 12.9. The lowest BCUT2D eigenvalue weighted by Crippen LogP contribution is -2.47. The van der Waals surface area contributed by atoms with Gasteiger partial charge in [-0.25, -0.2) is 0 Å². The first kappa shape index (κ1) is 14.4. The van der Waals surface area contributed by atoms with Crippen LogP contribution in [0.3, 0.4) is 0 Å². The van der Waals surface area contributed by atoms with E-state index in [1.165, 1.54) is 11.2 Å². The first-order valence-corrected chi connectivity index (χ1v) is 6.29. The van der Waals surface area contributed by atoms with Crippen molar-refractivity contribution >= 4 is 21.9 Å². The van der Waals surface area contributed by atoms with Gasteiger partial charge >= 0.3 is 12.1 Å². The van der Waals surface area contributed by atoms with E-state index >= 15 is 0 Å². The normalized spacial score (nSPS) is 24.8. The Labute approximate surface area is 115 Å². The highest BCUT2D eigenvalue weighted by atomic mass is 79.9. The molecule has 0 amide bonds. The van der Waals surface area contributed by atoms with Crippen LogP contribution in [0.15, 0.2) is 21.2 Å². The van der Waals surface area contributed by atoms with Crippen LogP contribution in [0.2, 0.25) is 0 Å². The average molecular weight is 342 g/mol. The van der Waals surface area contributed by atoms with Crippen molar-refractivity contribution in [3.8, 4) is 0 Å². The van der Waals surface area contributed by atoms with Gasteiger partial charge in [0.1, 0.15) is 12.0 Å². The minimum atomic E-state index is -4.75. The number of carbonyl (C=O) groups is 1. The third-order valence-electron chi connectivity index (χ3n) is 3.30. The van der Waals surface area contributed by atoms with E-state index in [1.807, 2.05) is 0 Å². The third-order valence-corrected chi connectivity index (χ3v) is 3.72. The molecule has 1 saturated heterocycles. The first-order chi connectivity index (χ1) is 8.74. The van der Waals surface area contributed by atoms with Gasteiger partial charge in [-0.2, -0.15) is 13.2 Å². The first-order valence-electron chi connectivity index (χ1n) is 5.50. The van der Waals surface area contributed by atoms with E-state index < -0.39 is 30.5 Å². The molecular formula is C11H11BrF3NO3. The molecule has 0 aromatic carbocycles. The quantitative estimate of drug-likeness (QED) is 0.918. The summed E-state index contributed by atoms with van der Waals surface area (Å²) in [6, 6.07) is 1.65. The maximum Gasteiger partial charge on any atom is 0.406 e. The number of halogens is 4. The van der Waals surface area contributed by atoms with Gasteiger partial charge in [0.05, 0.1) is 11.0 Å². The maximum absolute atomic E-state index is 12.9. The van der Waals surface area contributed by atoms with Crippen LogP contribution >= 0.6 is 15.9 Å². The van der Waals surface area contributed by atoms with Crippen molar-refractivity contribution in [3.05, 3.63) is 22.6 Å². The number of rotatable bonds is 3. The van der Waals surface area contributed by atoms with Gasteiger partial charge in [-0.1, -0.05) is 0 Å². The topological polar surface area (TPSA) is 53.7 Å². The molecule has 0 radical (unpaired) electrons. The van der Waals surface area contributed by atoms with Gasteiger partial charge in [0.25, 0.3) is 0 Å². The van der Waals surface area contributed by atoms with Gasteiger partial charge in [0.2, 0.25) is 0 Å². The zero-order valence-electron chi connectivity index (χ0n) is 9.71. The van der Waals surface area contributed by atoms with Crippen molar-refractivity contribution in [2.45, 2.75) is 19.1 Å². The highest BCUT2D eigenvalue weighted by Gasteiger charge is 2.63. The van der Waals surface area contributed by atoms with Gasteiger partial charge in [-0.05, 0) is 28.4 Å². The van der Waals surface area contributed by atoms with E-state index in [-0.39, 0.29) is 13.1 Å². The van der Waals surface area contributed by atoms with E-state index in [0.717, 1.165) is 0 Å². The Morgan fingerprint density at radius 2 is 2.26 bits per heavy atom. The fourth-order valence-electron chi connectivity index (χ4n) is 2.21. The van der Waals surface area contributed by atoms with E-state index in [9.17, 15) is 18.0 Å². The number of furan rings is 1. The Bertz CT molecular complexity index is 488. The number of likely N-dealkylation sites (tertiary alicyclic amines) is 1. The number of hydrogen-bond donors (Lipinski definition) is 1. The van der Waals surface area contributed by atoms with Crippen LogP contribution in [0.1, 0.15) is 12.2 Å². The van der Waals surface area contributed by atoms with Crippen molar-refractivity contribution in [3.63, 3.8) is 0 Å². The Kier molecular flexibility index (Phi) is 3.65. The van der Waals surface area contributed by atoms with Gasteiger partial charge in [0, 0.05) is 13.1 Å². The summed E-state index contributed by atoms with van der Waals surface area (Å²) in [5, 5.41) is 8.91. The Morgan fingerprint density at radius 1 is 1.58 bits per heavy atom. The largest absolute Gasteiger partial charge is 0.481 e. The summed E-state index contributed by atoms with van der Waals surface area (Å²) in [5.74, 6) is -1.32. The lowest BCUT2D eigenvalue weighted by Gasteiger charge is -2.27. The van der Waals surface area contributed by atoms with Crippen LogP contribution in [0, 0.1) is 5.41 Å². The number of hydrogen-bond acceptors (Lipinski definition) is 3. The smallest absolute Gasteiger partial charge is 0.406 e. The van der Waals surface area contributed by atoms with E-state index in [2.05, 4.69) is 15.9 Å². The van der Waals surface area contributed by atoms with Crippen LogP contribution in [0.4, 0.5) is 13.2 Å². The molecule has 2 rings (SSSR count). The molecule has 1 aliphatic rings. The number of carboxylic acid groups (broad SMARTS) is 1. The fraction of sp³-hybridized carbons (Fsp3) is 0.545. The van der Waals surface area contributed by atoms with Gasteiger partial charge in [-0.3, -0.25) is 9.69 Å². The molecule has 1 atom stereocenters.